The molecule has 0 aliphatic carbocycles. The number of hydrogen-bond acceptors (Lipinski definition) is 4. The molecule has 0 radical (unpaired) electrons. The maximum Gasteiger partial charge on any atom is 0.220 e. The van der Waals surface area contributed by atoms with Gasteiger partial charge in [-0.3, -0.25) is 4.79 Å². The van der Waals surface area contributed by atoms with E-state index in [1.165, 1.54) is 0 Å². The maximum atomic E-state index is 12.3. The molecule has 6 heteroatoms. The number of hydrogen-bond donors (Lipinski definition) is 2. The molecular formula is C17H18N4OS. The van der Waals surface area contributed by atoms with Gasteiger partial charge in [-0.25, -0.2) is 0 Å². The van der Waals surface area contributed by atoms with Crippen LogP contribution in [0.1, 0.15) is 35.0 Å². The Morgan fingerprint density at radius 2 is 2.09 bits per heavy atom. The van der Waals surface area contributed by atoms with E-state index in [0.717, 1.165) is 29.0 Å². The highest BCUT2D eigenvalue weighted by atomic mass is 32.1. The molecule has 2 N–H and O–H groups in total. The molecule has 0 bridgehead atoms. The quantitative estimate of drug-likeness (QED) is 0.701. The van der Waals surface area contributed by atoms with Crippen LogP contribution in [0.25, 0.3) is 0 Å². The fraction of sp³-hybridized carbons (Fsp3) is 0.235. The van der Waals surface area contributed by atoms with Crippen LogP contribution in [0.4, 0.5) is 0 Å². The SMILES string of the molecule is O=C(CCCc1cn[nH]n1)NC(c1ccccc1)c1cccs1. The number of nitrogens with zero attached hydrogens (tertiary/aromatic N) is 2. The van der Waals surface area contributed by atoms with Gasteiger partial charge < -0.3 is 5.32 Å². The van der Waals surface area contributed by atoms with Crippen molar-refractivity contribution in [1.29, 1.82) is 0 Å². The van der Waals surface area contributed by atoms with Crippen LogP contribution in [0.15, 0.2) is 54.0 Å². The first kappa shape index (κ1) is 15.4. The lowest BCUT2D eigenvalue weighted by atomic mass is 10.0. The third-order valence-corrected chi connectivity index (χ3v) is 4.50. The molecule has 1 aromatic carbocycles. The number of aromatic nitrogens is 3. The van der Waals surface area contributed by atoms with E-state index in [1.807, 2.05) is 41.8 Å². The second-order valence-corrected chi connectivity index (χ2v) is 6.22. The van der Waals surface area contributed by atoms with Gasteiger partial charge in [-0.15, -0.1) is 11.3 Å². The van der Waals surface area contributed by atoms with Crippen LogP contribution in [0.2, 0.25) is 0 Å². The molecule has 1 atom stereocenters. The van der Waals surface area contributed by atoms with Gasteiger partial charge in [0.15, 0.2) is 0 Å². The fourth-order valence-corrected chi connectivity index (χ4v) is 3.23. The lowest BCUT2D eigenvalue weighted by Gasteiger charge is -2.18. The van der Waals surface area contributed by atoms with E-state index < -0.39 is 0 Å². The van der Waals surface area contributed by atoms with Crippen molar-refractivity contribution in [1.82, 2.24) is 20.7 Å². The molecule has 0 saturated carbocycles. The Hall–Kier alpha value is -2.47. The molecule has 3 aromatic rings. The third kappa shape index (κ3) is 4.26. The number of rotatable bonds is 7. The van der Waals surface area contributed by atoms with Gasteiger partial charge in [0, 0.05) is 11.3 Å². The molecule has 3 rings (SSSR count). The largest absolute Gasteiger partial charge is 0.344 e. The summed E-state index contributed by atoms with van der Waals surface area (Å²) in [5, 5.41) is 15.5. The first-order chi connectivity index (χ1) is 11.3. The Balaban J connectivity index is 1.61. The summed E-state index contributed by atoms with van der Waals surface area (Å²) in [5.74, 6) is 0.0516. The number of nitrogens with one attached hydrogen (secondary N) is 2. The summed E-state index contributed by atoms with van der Waals surface area (Å²) in [4.78, 5) is 13.4. The number of aromatic amines is 1. The smallest absolute Gasteiger partial charge is 0.220 e. The Labute approximate surface area is 138 Å². The van der Waals surface area contributed by atoms with Crippen molar-refractivity contribution in [2.24, 2.45) is 0 Å². The van der Waals surface area contributed by atoms with E-state index in [0.29, 0.717) is 6.42 Å². The van der Waals surface area contributed by atoms with E-state index in [-0.39, 0.29) is 11.9 Å². The van der Waals surface area contributed by atoms with Gasteiger partial charge in [0.05, 0.1) is 17.9 Å². The minimum atomic E-state index is -0.0873. The molecule has 0 aliphatic rings. The lowest BCUT2D eigenvalue weighted by Crippen LogP contribution is -2.28. The minimum Gasteiger partial charge on any atom is -0.344 e. The van der Waals surface area contributed by atoms with Crippen molar-refractivity contribution in [2.45, 2.75) is 25.3 Å². The molecule has 118 valence electrons. The Morgan fingerprint density at radius 3 is 2.78 bits per heavy atom. The monoisotopic (exact) mass is 326 g/mol. The highest BCUT2D eigenvalue weighted by Crippen LogP contribution is 2.26. The fourth-order valence-electron chi connectivity index (χ4n) is 2.43. The van der Waals surface area contributed by atoms with Crippen LogP contribution in [-0.4, -0.2) is 21.3 Å². The zero-order valence-electron chi connectivity index (χ0n) is 12.6. The predicted octanol–water partition coefficient (Wildman–Crippen LogP) is 3.09. The molecule has 0 fully saturated rings. The summed E-state index contributed by atoms with van der Waals surface area (Å²) in [7, 11) is 0. The molecule has 0 aliphatic heterocycles. The van der Waals surface area contributed by atoms with Gasteiger partial charge in [0.1, 0.15) is 0 Å². The van der Waals surface area contributed by atoms with E-state index in [2.05, 4.69) is 26.8 Å². The summed E-state index contributed by atoms with van der Waals surface area (Å²) in [6.45, 7) is 0. The van der Waals surface area contributed by atoms with Crippen molar-refractivity contribution in [2.75, 3.05) is 0 Å². The van der Waals surface area contributed by atoms with Crippen LogP contribution in [-0.2, 0) is 11.2 Å². The van der Waals surface area contributed by atoms with Crippen LogP contribution in [0.5, 0.6) is 0 Å². The standard InChI is InChI=1S/C17H18N4OS/c22-16(10-4-8-14-12-18-21-20-14)19-17(15-9-5-11-23-15)13-6-2-1-3-7-13/h1-3,5-7,9,11-12,17H,4,8,10H2,(H,19,22)(H,18,20,21). The van der Waals surface area contributed by atoms with E-state index in [9.17, 15) is 4.79 Å². The first-order valence-corrected chi connectivity index (χ1v) is 8.43. The minimum absolute atomic E-state index is 0.0516. The Bertz CT molecular complexity index is 710. The van der Waals surface area contributed by atoms with Crippen LogP contribution in [0, 0.1) is 0 Å². The van der Waals surface area contributed by atoms with Crippen molar-refractivity contribution in [3.8, 4) is 0 Å². The average molecular weight is 326 g/mol. The number of aryl methyl sites for hydroxylation is 1. The normalized spacial score (nSPS) is 12.0. The molecule has 5 nitrogen and oxygen atoms in total. The Kier molecular flexibility index (Phi) is 5.16. The summed E-state index contributed by atoms with van der Waals surface area (Å²) >= 11 is 1.65. The van der Waals surface area contributed by atoms with Gasteiger partial charge in [0.25, 0.3) is 0 Å². The lowest BCUT2D eigenvalue weighted by molar-refractivity contribution is -0.121. The van der Waals surface area contributed by atoms with E-state index in [4.69, 9.17) is 0 Å². The first-order valence-electron chi connectivity index (χ1n) is 7.55. The van der Waals surface area contributed by atoms with Gasteiger partial charge in [-0.1, -0.05) is 36.4 Å². The number of H-pyrrole nitrogens is 1. The van der Waals surface area contributed by atoms with Crippen LogP contribution < -0.4 is 5.32 Å². The second kappa shape index (κ2) is 7.69. The van der Waals surface area contributed by atoms with Crippen molar-refractivity contribution in [3.63, 3.8) is 0 Å². The van der Waals surface area contributed by atoms with Gasteiger partial charge in [-0.05, 0) is 29.9 Å². The predicted molar refractivity (Wildman–Crippen MR) is 90.1 cm³/mol. The van der Waals surface area contributed by atoms with Crippen molar-refractivity contribution < 1.29 is 4.79 Å². The number of carbonyl (C=O) groups is 1. The highest BCUT2D eigenvalue weighted by Gasteiger charge is 2.17. The van der Waals surface area contributed by atoms with Gasteiger partial charge in [0.2, 0.25) is 5.91 Å². The number of carbonyl (C=O) groups excluding carboxylic acids is 1. The molecular weight excluding hydrogens is 308 g/mol. The van der Waals surface area contributed by atoms with E-state index in [1.54, 1.807) is 17.5 Å². The topological polar surface area (TPSA) is 70.7 Å². The molecule has 1 unspecified atom stereocenters. The molecule has 2 aromatic heterocycles. The summed E-state index contributed by atoms with van der Waals surface area (Å²) in [6.07, 6.45) is 3.67. The number of benzene rings is 1. The average Bonchev–Trinajstić information content (AvgIpc) is 3.27. The summed E-state index contributed by atoms with van der Waals surface area (Å²) in [6, 6.07) is 14.0. The number of amides is 1. The molecule has 2 heterocycles. The van der Waals surface area contributed by atoms with Crippen LogP contribution >= 0.6 is 11.3 Å². The Morgan fingerprint density at radius 1 is 1.22 bits per heavy atom. The molecule has 0 saturated heterocycles. The maximum absolute atomic E-state index is 12.3. The zero-order chi connectivity index (χ0) is 15.9. The number of thiophene rings is 1. The second-order valence-electron chi connectivity index (χ2n) is 5.24. The van der Waals surface area contributed by atoms with Gasteiger partial charge >= 0.3 is 0 Å². The third-order valence-electron chi connectivity index (χ3n) is 3.57. The van der Waals surface area contributed by atoms with Gasteiger partial charge in [-0.2, -0.15) is 15.4 Å². The molecule has 23 heavy (non-hydrogen) atoms. The molecule has 1 amide bonds. The van der Waals surface area contributed by atoms with E-state index >= 15 is 0 Å². The van der Waals surface area contributed by atoms with Crippen molar-refractivity contribution in [3.05, 3.63) is 70.2 Å². The molecule has 0 spiro atoms. The van der Waals surface area contributed by atoms with Crippen molar-refractivity contribution >= 4 is 17.2 Å². The zero-order valence-corrected chi connectivity index (χ0v) is 13.4. The van der Waals surface area contributed by atoms with Crippen LogP contribution in [0.3, 0.4) is 0 Å². The summed E-state index contributed by atoms with van der Waals surface area (Å²) < 4.78 is 0. The highest BCUT2D eigenvalue weighted by molar-refractivity contribution is 7.10. The summed E-state index contributed by atoms with van der Waals surface area (Å²) in [5.41, 5.74) is 1.98.